The Bertz CT molecular complexity index is 409. The maximum absolute atomic E-state index is 11.9. The van der Waals surface area contributed by atoms with Crippen LogP contribution in [0.1, 0.15) is 26.6 Å². The molecule has 1 aromatic rings. The Labute approximate surface area is 88.7 Å². The predicted molar refractivity (Wildman–Crippen MR) is 57.6 cm³/mol. The highest BCUT2D eigenvalue weighted by atomic mass is 16.3. The number of hydrogen-bond donors (Lipinski definition) is 1. The summed E-state index contributed by atoms with van der Waals surface area (Å²) >= 11 is 0. The molecule has 0 aliphatic heterocycles. The molecular weight excluding hydrogens is 194 g/mol. The second-order valence-electron chi connectivity index (χ2n) is 4.34. The van der Waals surface area contributed by atoms with Crippen molar-refractivity contribution in [2.45, 2.75) is 39.5 Å². The lowest BCUT2D eigenvalue weighted by atomic mass is 10.1. The lowest BCUT2D eigenvalue weighted by molar-refractivity contribution is 0.262. The summed E-state index contributed by atoms with van der Waals surface area (Å²) in [6.45, 7) is 9.36. The molecule has 0 aliphatic carbocycles. The third-order valence-corrected chi connectivity index (χ3v) is 2.03. The smallest absolute Gasteiger partial charge is 0.346 e. The number of rotatable bonds is 3. The molecule has 1 rings (SSSR count). The molecule has 84 valence electrons. The van der Waals surface area contributed by atoms with Crippen molar-refractivity contribution in [2.24, 2.45) is 0 Å². The summed E-state index contributed by atoms with van der Waals surface area (Å²) in [5.41, 5.74) is -0.598. The van der Waals surface area contributed by atoms with Crippen LogP contribution in [0.5, 0.6) is 0 Å². The van der Waals surface area contributed by atoms with Crippen LogP contribution in [0.3, 0.4) is 0 Å². The van der Waals surface area contributed by atoms with Gasteiger partial charge in [0.2, 0.25) is 0 Å². The van der Waals surface area contributed by atoms with Crippen LogP contribution >= 0.6 is 0 Å². The second kappa shape index (κ2) is 4.02. The Balaban J connectivity index is 3.34. The van der Waals surface area contributed by atoms with E-state index in [-0.39, 0.29) is 17.8 Å². The molecule has 1 heterocycles. The van der Waals surface area contributed by atoms with Crippen molar-refractivity contribution in [3.05, 3.63) is 29.0 Å². The van der Waals surface area contributed by atoms with Crippen LogP contribution in [-0.4, -0.2) is 19.5 Å². The van der Waals surface area contributed by atoms with Gasteiger partial charge >= 0.3 is 5.69 Å². The first-order valence-electron chi connectivity index (χ1n) is 4.82. The van der Waals surface area contributed by atoms with E-state index in [2.05, 4.69) is 11.7 Å². The highest BCUT2D eigenvalue weighted by molar-refractivity contribution is 4.91. The van der Waals surface area contributed by atoms with E-state index in [1.807, 2.05) is 20.8 Å². The summed E-state index contributed by atoms with van der Waals surface area (Å²) in [6.07, 6.45) is 1.61. The first kappa shape index (κ1) is 11.7. The minimum Gasteiger partial charge on any atom is -0.388 e. The molecular formula is C10H17N3O2. The lowest BCUT2D eigenvalue weighted by Crippen LogP contribution is -2.35. The predicted octanol–water partition coefficient (Wildman–Crippen LogP) is 0.478. The van der Waals surface area contributed by atoms with Crippen LogP contribution in [0.25, 0.3) is 0 Å². The highest BCUT2D eigenvalue weighted by Gasteiger charge is 2.21. The maximum Gasteiger partial charge on any atom is 0.346 e. The van der Waals surface area contributed by atoms with Crippen molar-refractivity contribution < 1.29 is 5.11 Å². The number of nitrogens with zero attached hydrogens (tertiary/aromatic N) is 3. The zero-order chi connectivity index (χ0) is 11.6. The van der Waals surface area contributed by atoms with Gasteiger partial charge in [0.1, 0.15) is 6.61 Å². The van der Waals surface area contributed by atoms with E-state index < -0.39 is 0 Å². The monoisotopic (exact) mass is 211 g/mol. The minimum atomic E-state index is -0.382. The van der Waals surface area contributed by atoms with Gasteiger partial charge in [-0.3, -0.25) is 4.57 Å². The summed E-state index contributed by atoms with van der Waals surface area (Å²) in [6, 6.07) is 0. The molecule has 0 saturated carbocycles. The van der Waals surface area contributed by atoms with E-state index >= 15 is 0 Å². The fourth-order valence-corrected chi connectivity index (χ4v) is 1.30. The van der Waals surface area contributed by atoms with E-state index in [9.17, 15) is 4.79 Å². The Kier molecular flexibility index (Phi) is 3.14. The molecule has 0 unspecified atom stereocenters. The molecule has 0 spiro atoms. The maximum atomic E-state index is 11.9. The topological polar surface area (TPSA) is 60.0 Å². The standard InChI is InChI=1S/C10H17N3O2/c1-5-6-12-8(7-14)11-13(9(12)15)10(2,3)4/h5,14H,1,6-7H2,2-4H3. The van der Waals surface area contributed by atoms with Crippen molar-refractivity contribution in [3.8, 4) is 0 Å². The van der Waals surface area contributed by atoms with Crippen LogP contribution in [0, 0.1) is 0 Å². The second-order valence-corrected chi connectivity index (χ2v) is 4.34. The van der Waals surface area contributed by atoms with Gasteiger partial charge in [-0.2, -0.15) is 5.10 Å². The fourth-order valence-electron chi connectivity index (χ4n) is 1.30. The highest BCUT2D eigenvalue weighted by Crippen LogP contribution is 2.09. The van der Waals surface area contributed by atoms with Crippen LogP contribution in [0.2, 0.25) is 0 Å². The summed E-state index contributed by atoms with van der Waals surface area (Å²) in [7, 11) is 0. The molecule has 5 nitrogen and oxygen atoms in total. The van der Waals surface area contributed by atoms with Gasteiger partial charge in [0.05, 0.1) is 5.54 Å². The van der Waals surface area contributed by atoms with Crippen molar-refractivity contribution in [1.82, 2.24) is 14.3 Å². The Morgan fingerprint density at radius 3 is 2.53 bits per heavy atom. The number of hydrogen-bond acceptors (Lipinski definition) is 3. The van der Waals surface area contributed by atoms with E-state index in [1.54, 1.807) is 6.08 Å². The molecule has 0 saturated heterocycles. The Morgan fingerprint density at radius 1 is 1.53 bits per heavy atom. The number of aliphatic hydroxyl groups excluding tert-OH is 1. The summed E-state index contributed by atoms with van der Waals surface area (Å²) in [4.78, 5) is 11.9. The van der Waals surface area contributed by atoms with Crippen molar-refractivity contribution in [3.63, 3.8) is 0 Å². The third-order valence-electron chi connectivity index (χ3n) is 2.03. The van der Waals surface area contributed by atoms with Crippen molar-refractivity contribution >= 4 is 0 Å². The Hall–Kier alpha value is -1.36. The average Bonchev–Trinajstić information content (AvgIpc) is 2.44. The molecule has 0 atom stereocenters. The van der Waals surface area contributed by atoms with Crippen molar-refractivity contribution in [1.29, 1.82) is 0 Å². The van der Waals surface area contributed by atoms with Gasteiger partial charge in [0.15, 0.2) is 5.82 Å². The summed E-state index contributed by atoms with van der Waals surface area (Å²) in [5.74, 6) is 0.370. The average molecular weight is 211 g/mol. The molecule has 0 fully saturated rings. The van der Waals surface area contributed by atoms with Gasteiger partial charge in [0, 0.05) is 6.54 Å². The molecule has 0 radical (unpaired) electrons. The lowest BCUT2D eigenvalue weighted by Gasteiger charge is -2.16. The summed E-state index contributed by atoms with van der Waals surface area (Å²) < 4.78 is 2.79. The van der Waals surface area contributed by atoms with Gasteiger partial charge in [0.25, 0.3) is 0 Å². The van der Waals surface area contributed by atoms with Crippen molar-refractivity contribution in [2.75, 3.05) is 0 Å². The van der Waals surface area contributed by atoms with Gasteiger partial charge in [-0.25, -0.2) is 9.48 Å². The molecule has 0 aliphatic rings. The molecule has 1 aromatic heterocycles. The molecule has 0 aromatic carbocycles. The first-order valence-corrected chi connectivity index (χ1v) is 4.82. The fraction of sp³-hybridized carbons (Fsp3) is 0.600. The zero-order valence-electron chi connectivity index (χ0n) is 9.40. The van der Waals surface area contributed by atoms with E-state index in [1.165, 1.54) is 9.25 Å². The number of aromatic nitrogens is 3. The van der Waals surface area contributed by atoms with Gasteiger partial charge in [-0.05, 0) is 20.8 Å². The van der Waals surface area contributed by atoms with E-state index in [0.717, 1.165) is 0 Å². The Morgan fingerprint density at radius 2 is 2.13 bits per heavy atom. The van der Waals surface area contributed by atoms with E-state index in [4.69, 9.17) is 5.11 Å². The SMILES string of the molecule is C=CCn1c(CO)nn(C(C)(C)C)c1=O. The third kappa shape index (κ3) is 2.18. The summed E-state index contributed by atoms with van der Waals surface area (Å²) in [5, 5.41) is 13.2. The van der Waals surface area contributed by atoms with Gasteiger partial charge in [-0.15, -0.1) is 6.58 Å². The number of aliphatic hydroxyl groups is 1. The minimum absolute atomic E-state index is 0.216. The zero-order valence-corrected chi connectivity index (χ0v) is 9.40. The molecule has 15 heavy (non-hydrogen) atoms. The van der Waals surface area contributed by atoms with Crippen LogP contribution in [-0.2, 0) is 18.7 Å². The number of allylic oxidation sites excluding steroid dienone is 1. The molecule has 0 amide bonds. The van der Waals surface area contributed by atoms with Crippen LogP contribution < -0.4 is 5.69 Å². The van der Waals surface area contributed by atoms with Gasteiger partial charge < -0.3 is 5.11 Å². The van der Waals surface area contributed by atoms with Crippen LogP contribution in [0.15, 0.2) is 17.4 Å². The normalized spacial score (nSPS) is 11.7. The first-order chi connectivity index (χ1) is 6.91. The molecule has 1 N–H and O–H groups in total. The van der Waals surface area contributed by atoms with Crippen LogP contribution in [0.4, 0.5) is 0 Å². The van der Waals surface area contributed by atoms with E-state index in [0.29, 0.717) is 12.4 Å². The molecule has 5 heteroatoms. The van der Waals surface area contributed by atoms with Gasteiger partial charge in [-0.1, -0.05) is 6.08 Å². The largest absolute Gasteiger partial charge is 0.388 e. The molecule has 0 bridgehead atoms. The quantitative estimate of drug-likeness (QED) is 0.740.